The van der Waals surface area contributed by atoms with E-state index in [2.05, 4.69) is 260 Å². The van der Waals surface area contributed by atoms with E-state index in [1.165, 1.54) is 71.3 Å². The van der Waals surface area contributed by atoms with Crippen LogP contribution in [0.3, 0.4) is 0 Å². The zero-order chi connectivity index (χ0) is 45.0. The van der Waals surface area contributed by atoms with Gasteiger partial charge >= 0.3 is 0 Å². The van der Waals surface area contributed by atoms with E-state index in [9.17, 15) is 0 Å². The van der Waals surface area contributed by atoms with Crippen LogP contribution in [0, 0.1) is 0 Å². The first-order chi connectivity index (χ1) is 33.7. The summed E-state index contributed by atoms with van der Waals surface area (Å²) in [5.41, 5.74) is 16.8. The number of para-hydroxylation sites is 2. The van der Waals surface area contributed by atoms with Crippen molar-refractivity contribution in [2.24, 2.45) is 0 Å². The number of rotatable bonds is 8. The third kappa shape index (κ3) is 6.73. The molecule has 0 amide bonds. The van der Waals surface area contributed by atoms with Crippen LogP contribution in [0.15, 0.2) is 265 Å². The van der Waals surface area contributed by atoms with E-state index in [1.54, 1.807) is 0 Å². The molecule has 0 atom stereocenters. The SMILES string of the molecule is c1ccc(-c2c(-c3ccccc3)c3cc(-c4ccccc4N(c4ccc(-c5ccc(-c6ccc7ccccc7c6)cc5)cc4)c4cccc5oc6ccccc6c45)ccc3c3ccccc23)cc1. The van der Waals surface area contributed by atoms with Crippen LogP contribution in [0.1, 0.15) is 0 Å². The van der Waals surface area contributed by atoms with Crippen LogP contribution in [0.4, 0.5) is 17.1 Å². The maximum Gasteiger partial charge on any atom is 0.137 e. The molecule has 0 saturated carbocycles. The van der Waals surface area contributed by atoms with Crippen LogP contribution in [-0.4, -0.2) is 0 Å². The highest BCUT2D eigenvalue weighted by atomic mass is 16.3. The average molecular weight is 866 g/mol. The minimum atomic E-state index is 0.854. The predicted octanol–water partition coefficient (Wildman–Crippen LogP) is 18.9. The molecule has 13 aromatic rings. The average Bonchev–Trinajstić information content (AvgIpc) is 3.81. The highest BCUT2D eigenvalue weighted by Gasteiger charge is 2.24. The first-order valence-corrected chi connectivity index (χ1v) is 23.3. The van der Waals surface area contributed by atoms with Crippen LogP contribution in [-0.2, 0) is 0 Å². The monoisotopic (exact) mass is 865 g/mol. The minimum Gasteiger partial charge on any atom is -0.456 e. The molecule has 0 N–H and O–H groups in total. The fourth-order valence-electron chi connectivity index (χ4n) is 10.5. The molecule has 0 unspecified atom stereocenters. The lowest BCUT2D eigenvalue weighted by atomic mass is 9.84. The largest absolute Gasteiger partial charge is 0.456 e. The summed E-state index contributed by atoms with van der Waals surface area (Å²) in [6.45, 7) is 0. The number of hydrogen-bond acceptors (Lipinski definition) is 2. The Bertz CT molecular complexity index is 4000. The van der Waals surface area contributed by atoms with Gasteiger partial charge in [0.25, 0.3) is 0 Å². The van der Waals surface area contributed by atoms with Crippen molar-refractivity contribution in [3.8, 4) is 55.6 Å². The standard InChI is InChI=1S/C66H43NO/c1-3-17-48(18-4-1)64-57-24-10-9-23-55(57)56-41-38-52(43-59(56)65(64)49-19-5-2-6-20-49)54-22-11-13-26-60(54)67(61-27-15-29-63-66(61)58-25-12-14-28-62(58)68-63)53-39-36-46(37-40-53)45-30-32-47(33-31-45)51-35-34-44-16-7-8-21-50(44)42-51/h1-43H. The molecule has 13 rings (SSSR count). The Morgan fingerprint density at radius 1 is 0.265 bits per heavy atom. The molecule has 0 fully saturated rings. The molecular weight excluding hydrogens is 823 g/mol. The Labute approximate surface area is 395 Å². The molecule has 1 heterocycles. The lowest BCUT2D eigenvalue weighted by Crippen LogP contribution is -2.11. The van der Waals surface area contributed by atoms with Gasteiger partial charge < -0.3 is 9.32 Å². The third-order valence-corrected chi connectivity index (χ3v) is 13.7. The molecule has 1 aromatic heterocycles. The van der Waals surface area contributed by atoms with Crippen LogP contribution >= 0.6 is 0 Å². The van der Waals surface area contributed by atoms with Gasteiger partial charge in [-0.3, -0.25) is 0 Å². The smallest absolute Gasteiger partial charge is 0.137 e. The van der Waals surface area contributed by atoms with E-state index in [0.717, 1.165) is 55.7 Å². The molecule has 12 aromatic carbocycles. The van der Waals surface area contributed by atoms with Gasteiger partial charge in [-0.25, -0.2) is 0 Å². The second kappa shape index (κ2) is 16.5. The summed E-state index contributed by atoms with van der Waals surface area (Å²) in [5, 5.41) is 9.59. The fraction of sp³-hybridized carbons (Fsp3) is 0. The topological polar surface area (TPSA) is 16.4 Å². The van der Waals surface area contributed by atoms with Crippen LogP contribution in [0.2, 0.25) is 0 Å². The van der Waals surface area contributed by atoms with Crippen LogP contribution in [0.25, 0.3) is 110 Å². The van der Waals surface area contributed by atoms with Crippen molar-refractivity contribution < 1.29 is 4.42 Å². The Balaban J connectivity index is 0.986. The maximum absolute atomic E-state index is 6.53. The van der Waals surface area contributed by atoms with Crippen molar-refractivity contribution >= 4 is 71.3 Å². The summed E-state index contributed by atoms with van der Waals surface area (Å²) in [4.78, 5) is 2.42. The molecule has 0 aliphatic rings. The van der Waals surface area contributed by atoms with E-state index in [1.807, 2.05) is 6.07 Å². The molecule has 0 saturated heterocycles. The lowest BCUT2D eigenvalue weighted by molar-refractivity contribution is 0.669. The van der Waals surface area contributed by atoms with Gasteiger partial charge in [0, 0.05) is 16.6 Å². The first-order valence-electron chi connectivity index (χ1n) is 23.3. The molecule has 2 nitrogen and oxygen atoms in total. The minimum absolute atomic E-state index is 0.854. The van der Waals surface area contributed by atoms with Crippen LogP contribution in [0.5, 0.6) is 0 Å². The van der Waals surface area contributed by atoms with Gasteiger partial charge in [-0.05, 0) is 131 Å². The zero-order valence-electron chi connectivity index (χ0n) is 37.2. The Hall–Kier alpha value is -8.98. The highest BCUT2D eigenvalue weighted by Crippen LogP contribution is 2.49. The molecule has 2 heteroatoms. The predicted molar refractivity (Wildman–Crippen MR) is 288 cm³/mol. The van der Waals surface area contributed by atoms with Gasteiger partial charge in [-0.1, -0.05) is 212 Å². The fourth-order valence-corrected chi connectivity index (χ4v) is 10.5. The summed E-state index contributed by atoms with van der Waals surface area (Å²) in [5.74, 6) is 0. The molecule has 0 spiro atoms. The van der Waals surface area contributed by atoms with E-state index in [0.29, 0.717) is 0 Å². The van der Waals surface area contributed by atoms with Crippen molar-refractivity contribution in [1.29, 1.82) is 0 Å². The number of hydrogen-bond donors (Lipinski definition) is 0. The van der Waals surface area contributed by atoms with Gasteiger partial charge in [0.15, 0.2) is 0 Å². The summed E-state index contributed by atoms with van der Waals surface area (Å²) in [7, 11) is 0. The summed E-state index contributed by atoms with van der Waals surface area (Å²) in [6, 6.07) is 94.5. The van der Waals surface area contributed by atoms with Crippen LogP contribution < -0.4 is 4.90 Å². The number of nitrogens with zero attached hydrogens (tertiary/aromatic N) is 1. The van der Waals surface area contributed by atoms with E-state index in [-0.39, 0.29) is 0 Å². The van der Waals surface area contributed by atoms with Gasteiger partial charge in [-0.2, -0.15) is 0 Å². The van der Waals surface area contributed by atoms with Crippen molar-refractivity contribution in [3.63, 3.8) is 0 Å². The molecule has 0 aliphatic heterocycles. The van der Waals surface area contributed by atoms with E-state index < -0.39 is 0 Å². The second-order valence-electron chi connectivity index (χ2n) is 17.6. The summed E-state index contributed by atoms with van der Waals surface area (Å²) in [6.07, 6.45) is 0. The van der Waals surface area contributed by atoms with Gasteiger partial charge in [-0.15, -0.1) is 0 Å². The number of benzene rings is 12. The van der Waals surface area contributed by atoms with Gasteiger partial charge in [0.1, 0.15) is 11.2 Å². The molecular formula is C66H43NO. The number of furan rings is 1. The molecule has 68 heavy (non-hydrogen) atoms. The Morgan fingerprint density at radius 3 is 1.53 bits per heavy atom. The third-order valence-electron chi connectivity index (χ3n) is 13.7. The lowest BCUT2D eigenvalue weighted by Gasteiger charge is -2.29. The Kier molecular flexibility index (Phi) is 9.54. The van der Waals surface area contributed by atoms with Crippen molar-refractivity contribution in [1.82, 2.24) is 0 Å². The quantitative estimate of drug-likeness (QED) is 0.142. The molecule has 0 radical (unpaired) electrons. The zero-order valence-corrected chi connectivity index (χ0v) is 37.2. The molecule has 318 valence electrons. The normalized spacial score (nSPS) is 11.5. The van der Waals surface area contributed by atoms with Gasteiger partial charge in [0.05, 0.1) is 16.8 Å². The van der Waals surface area contributed by atoms with E-state index >= 15 is 0 Å². The molecule has 0 bridgehead atoms. The van der Waals surface area contributed by atoms with Crippen molar-refractivity contribution in [2.45, 2.75) is 0 Å². The highest BCUT2D eigenvalue weighted by molar-refractivity contribution is 6.22. The number of anilines is 3. The van der Waals surface area contributed by atoms with E-state index in [4.69, 9.17) is 4.42 Å². The van der Waals surface area contributed by atoms with Crippen molar-refractivity contribution in [2.75, 3.05) is 4.90 Å². The van der Waals surface area contributed by atoms with Crippen molar-refractivity contribution in [3.05, 3.63) is 261 Å². The first kappa shape index (κ1) is 39.4. The van der Waals surface area contributed by atoms with Gasteiger partial charge in [0.2, 0.25) is 0 Å². The maximum atomic E-state index is 6.53. The summed E-state index contributed by atoms with van der Waals surface area (Å²) < 4.78 is 6.53. The number of fused-ring (bicyclic) bond motifs is 7. The second-order valence-corrected chi connectivity index (χ2v) is 17.6. The summed E-state index contributed by atoms with van der Waals surface area (Å²) >= 11 is 0. The Morgan fingerprint density at radius 2 is 0.779 bits per heavy atom. The molecule has 0 aliphatic carbocycles.